The standard InChI is InChI=1S/C22H32N2O/c1-23(2)17-21-16-20-13-15-24(18-22(20)25-21)14-9-4-3-6-10-19-11-7-5-8-12-19/h5,7-8,11-12,16H,3-4,6,9-10,13-15,17-18H2,1-2H3. The van der Waals surface area contributed by atoms with Crippen molar-refractivity contribution < 1.29 is 4.42 Å². The Labute approximate surface area is 152 Å². The molecule has 0 saturated carbocycles. The second-order valence-electron chi connectivity index (χ2n) is 7.57. The first-order valence-electron chi connectivity index (χ1n) is 9.72. The second kappa shape index (κ2) is 9.21. The number of unbranched alkanes of at least 4 members (excludes halogenated alkanes) is 3. The Bertz CT molecular complexity index is 633. The van der Waals surface area contributed by atoms with E-state index in [4.69, 9.17) is 4.42 Å². The van der Waals surface area contributed by atoms with Crippen LogP contribution in [0.4, 0.5) is 0 Å². The van der Waals surface area contributed by atoms with E-state index in [1.165, 1.54) is 62.1 Å². The van der Waals surface area contributed by atoms with Gasteiger partial charge in [0.1, 0.15) is 11.5 Å². The third-order valence-corrected chi connectivity index (χ3v) is 5.02. The molecule has 0 amide bonds. The molecule has 3 nitrogen and oxygen atoms in total. The van der Waals surface area contributed by atoms with Crippen LogP contribution in [0.3, 0.4) is 0 Å². The summed E-state index contributed by atoms with van der Waals surface area (Å²) >= 11 is 0. The van der Waals surface area contributed by atoms with Gasteiger partial charge < -0.3 is 9.32 Å². The van der Waals surface area contributed by atoms with Gasteiger partial charge in [-0.05, 0) is 63.5 Å². The molecule has 0 fully saturated rings. The topological polar surface area (TPSA) is 19.6 Å². The lowest BCUT2D eigenvalue weighted by atomic mass is 10.1. The first kappa shape index (κ1) is 18.2. The van der Waals surface area contributed by atoms with E-state index >= 15 is 0 Å². The molecular weight excluding hydrogens is 308 g/mol. The van der Waals surface area contributed by atoms with Crippen molar-refractivity contribution in [1.29, 1.82) is 0 Å². The number of nitrogens with zero attached hydrogens (tertiary/aromatic N) is 2. The van der Waals surface area contributed by atoms with Crippen LogP contribution in [0.25, 0.3) is 0 Å². The highest BCUT2D eigenvalue weighted by Crippen LogP contribution is 2.24. The van der Waals surface area contributed by atoms with Crippen LogP contribution in [0.1, 0.15) is 48.3 Å². The average molecular weight is 341 g/mol. The number of hydrogen-bond acceptors (Lipinski definition) is 3. The molecule has 3 rings (SSSR count). The molecular formula is C22H32N2O. The van der Waals surface area contributed by atoms with E-state index in [1.807, 2.05) is 0 Å². The van der Waals surface area contributed by atoms with Crippen molar-refractivity contribution in [2.45, 2.75) is 51.6 Å². The minimum atomic E-state index is 0.897. The molecule has 2 aromatic rings. The largest absolute Gasteiger partial charge is 0.463 e. The Kier molecular flexibility index (Phi) is 6.71. The fourth-order valence-corrected chi connectivity index (χ4v) is 3.68. The van der Waals surface area contributed by atoms with E-state index in [-0.39, 0.29) is 0 Å². The van der Waals surface area contributed by atoms with Gasteiger partial charge in [-0.2, -0.15) is 0 Å². The van der Waals surface area contributed by atoms with Gasteiger partial charge >= 0.3 is 0 Å². The Balaban J connectivity index is 1.32. The van der Waals surface area contributed by atoms with Crippen LogP contribution in [0.5, 0.6) is 0 Å². The molecule has 2 heterocycles. The van der Waals surface area contributed by atoms with Crippen molar-refractivity contribution in [2.75, 3.05) is 27.2 Å². The predicted octanol–water partition coefficient (Wildman–Crippen LogP) is 4.50. The van der Waals surface area contributed by atoms with Crippen molar-refractivity contribution in [1.82, 2.24) is 9.80 Å². The molecule has 0 unspecified atom stereocenters. The van der Waals surface area contributed by atoms with Crippen molar-refractivity contribution in [3.8, 4) is 0 Å². The molecule has 0 N–H and O–H groups in total. The summed E-state index contributed by atoms with van der Waals surface area (Å²) in [6.07, 6.45) is 7.63. The summed E-state index contributed by atoms with van der Waals surface area (Å²) in [7, 11) is 4.18. The summed E-state index contributed by atoms with van der Waals surface area (Å²) in [4.78, 5) is 4.72. The SMILES string of the molecule is CN(C)Cc1cc2c(o1)CN(CCCCCCc1ccccc1)CC2. The van der Waals surface area contributed by atoms with Gasteiger partial charge in [0, 0.05) is 6.54 Å². The van der Waals surface area contributed by atoms with Crippen molar-refractivity contribution >= 4 is 0 Å². The van der Waals surface area contributed by atoms with E-state index in [9.17, 15) is 0 Å². The van der Waals surface area contributed by atoms with Crippen LogP contribution in [-0.4, -0.2) is 37.0 Å². The number of aryl methyl sites for hydroxylation is 1. The van der Waals surface area contributed by atoms with E-state index in [2.05, 4.69) is 60.3 Å². The summed E-state index contributed by atoms with van der Waals surface area (Å²) in [5.41, 5.74) is 2.90. The molecule has 25 heavy (non-hydrogen) atoms. The Hall–Kier alpha value is -1.58. The summed E-state index contributed by atoms with van der Waals surface area (Å²) in [5.74, 6) is 2.31. The van der Waals surface area contributed by atoms with Gasteiger partial charge in [0.25, 0.3) is 0 Å². The van der Waals surface area contributed by atoms with Gasteiger partial charge in [-0.25, -0.2) is 0 Å². The van der Waals surface area contributed by atoms with Gasteiger partial charge in [-0.3, -0.25) is 4.90 Å². The number of rotatable bonds is 9. The van der Waals surface area contributed by atoms with Gasteiger partial charge in [-0.1, -0.05) is 43.2 Å². The lowest BCUT2D eigenvalue weighted by molar-refractivity contribution is 0.219. The molecule has 0 bridgehead atoms. The van der Waals surface area contributed by atoms with Crippen LogP contribution < -0.4 is 0 Å². The number of benzene rings is 1. The van der Waals surface area contributed by atoms with Crippen LogP contribution in [0, 0.1) is 0 Å². The zero-order valence-electron chi connectivity index (χ0n) is 15.8. The lowest BCUT2D eigenvalue weighted by Gasteiger charge is -2.25. The van der Waals surface area contributed by atoms with Crippen LogP contribution in [0.2, 0.25) is 0 Å². The van der Waals surface area contributed by atoms with E-state index in [0.717, 1.165) is 25.3 Å². The first-order chi connectivity index (χ1) is 12.2. The summed E-state index contributed by atoms with van der Waals surface area (Å²) in [5, 5.41) is 0. The highest BCUT2D eigenvalue weighted by atomic mass is 16.3. The lowest BCUT2D eigenvalue weighted by Crippen LogP contribution is -2.30. The normalized spacial score (nSPS) is 14.8. The molecule has 136 valence electrons. The number of fused-ring (bicyclic) bond motifs is 1. The summed E-state index contributed by atoms with van der Waals surface area (Å²) in [6, 6.07) is 13.1. The van der Waals surface area contributed by atoms with Gasteiger partial charge in [0.2, 0.25) is 0 Å². The van der Waals surface area contributed by atoms with Gasteiger partial charge in [0.05, 0.1) is 13.1 Å². The monoisotopic (exact) mass is 340 g/mol. The highest BCUT2D eigenvalue weighted by molar-refractivity contribution is 5.24. The zero-order chi connectivity index (χ0) is 17.5. The quantitative estimate of drug-likeness (QED) is 0.627. The maximum absolute atomic E-state index is 6.06. The Morgan fingerprint density at radius 2 is 1.84 bits per heavy atom. The predicted molar refractivity (Wildman–Crippen MR) is 104 cm³/mol. The van der Waals surface area contributed by atoms with Crippen molar-refractivity contribution in [3.05, 3.63) is 59.0 Å². The molecule has 3 heteroatoms. The molecule has 0 spiro atoms. The maximum atomic E-state index is 6.06. The van der Waals surface area contributed by atoms with E-state index in [1.54, 1.807) is 0 Å². The highest BCUT2D eigenvalue weighted by Gasteiger charge is 2.20. The van der Waals surface area contributed by atoms with E-state index in [0.29, 0.717) is 0 Å². The summed E-state index contributed by atoms with van der Waals surface area (Å²) in [6.45, 7) is 4.27. The van der Waals surface area contributed by atoms with Gasteiger partial charge in [-0.15, -0.1) is 0 Å². The van der Waals surface area contributed by atoms with Crippen molar-refractivity contribution in [2.24, 2.45) is 0 Å². The average Bonchev–Trinajstić information content (AvgIpc) is 2.99. The maximum Gasteiger partial charge on any atom is 0.121 e. The smallest absolute Gasteiger partial charge is 0.121 e. The molecule has 1 aromatic carbocycles. The van der Waals surface area contributed by atoms with Crippen LogP contribution in [-0.2, 0) is 25.9 Å². The Morgan fingerprint density at radius 1 is 1.04 bits per heavy atom. The molecule has 0 aliphatic carbocycles. The first-order valence-corrected chi connectivity index (χ1v) is 9.72. The third-order valence-electron chi connectivity index (χ3n) is 5.02. The van der Waals surface area contributed by atoms with Gasteiger partial charge in [0.15, 0.2) is 0 Å². The van der Waals surface area contributed by atoms with E-state index < -0.39 is 0 Å². The fourth-order valence-electron chi connectivity index (χ4n) is 3.68. The van der Waals surface area contributed by atoms with Crippen LogP contribution >= 0.6 is 0 Å². The third kappa shape index (κ3) is 5.72. The second-order valence-corrected chi connectivity index (χ2v) is 7.57. The zero-order valence-corrected chi connectivity index (χ0v) is 15.8. The number of hydrogen-bond donors (Lipinski definition) is 0. The molecule has 1 aliphatic heterocycles. The minimum absolute atomic E-state index is 0.897. The van der Waals surface area contributed by atoms with Crippen LogP contribution in [0.15, 0.2) is 40.8 Å². The summed E-state index contributed by atoms with van der Waals surface area (Å²) < 4.78 is 6.06. The molecule has 1 aromatic heterocycles. The molecule has 0 atom stereocenters. The Morgan fingerprint density at radius 3 is 2.64 bits per heavy atom. The minimum Gasteiger partial charge on any atom is -0.463 e. The molecule has 0 saturated heterocycles. The fraction of sp³-hybridized carbons (Fsp3) is 0.545. The van der Waals surface area contributed by atoms with Crippen molar-refractivity contribution in [3.63, 3.8) is 0 Å². The molecule has 0 radical (unpaired) electrons. The molecule has 1 aliphatic rings. The number of furan rings is 1.